The fourth-order valence-corrected chi connectivity index (χ4v) is 5.43. The molecule has 0 saturated carbocycles. The monoisotopic (exact) mass is 553 g/mol. The summed E-state index contributed by atoms with van der Waals surface area (Å²) in [6.45, 7) is 15.4. The number of amides is 2. The number of hydrogen-bond donors (Lipinski definition) is 2. The van der Waals surface area contributed by atoms with E-state index in [0.717, 1.165) is 11.1 Å². The molecule has 3 heterocycles. The van der Waals surface area contributed by atoms with Gasteiger partial charge in [-0.25, -0.2) is 14.5 Å². The van der Waals surface area contributed by atoms with E-state index >= 15 is 0 Å². The zero-order chi connectivity index (χ0) is 29.1. The second-order valence-corrected chi connectivity index (χ2v) is 12.8. The van der Waals surface area contributed by atoms with E-state index in [4.69, 9.17) is 23.7 Å². The molecule has 10 heteroatoms. The van der Waals surface area contributed by atoms with Crippen molar-refractivity contribution in [3.05, 3.63) is 59.7 Å². The number of anilines is 2. The maximum Gasteiger partial charge on any atom is 0.412 e. The van der Waals surface area contributed by atoms with Crippen LogP contribution in [0, 0.1) is 0 Å². The van der Waals surface area contributed by atoms with Crippen molar-refractivity contribution in [2.24, 2.45) is 0 Å². The highest BCUT2D eigenvalue weighted by atomic mass is 16.7. The Labute approximate surface area is 235 Å². The minimum absolute atomic E-state index is 0.255. The molecule has 0 aliphatic carbocycles. The Balaban J connectivity index is 1.32. The normalized spacial score (nSPS) is 29.6. The van der Waals surface area contributed by atoms with Crippen molar-refractivity contribution < 1.29 is 33.3 Å². The molecule has 0 unspecified atom stereocenters. The maximum atomic E-state index is 12.2. The second-order valence-electron chi connectivity index (χ2n) is 12.8. The van der Waals surface area contributed by atoms with Crippen LogP contribution in [-0.4, -0.2) is 53.6 Å². The zero-order valence-corrected chi connectivity index (χ0v) is 24.4. The van der Waals surface area contributed by atoms with E-state index in [9.17, 15) is 9.59 Å². The fraction of sp³-hybridized carbons (Fsp3) is 0.533. The smallest absolute Gasteiger partial charge is 0.412 e. The summed E-state index contributed by atoms with van der Waals surface area (Å²) in [5.41, 5.74) is 0.378. The van der Waals surface area contributed by atoms with Crippen molar-refractivity contribution in [2.45, 2.75) is 96.5 Å². The van der Waals surface area contributed by atoms with Crippen molar-refractivity contribution >= 4 is 23.6 Å². The molecular formula is C30H39N3O7. The Bertz CT molecular complexity index is 1190. The van der Waals surface area contributed by atoms with E-state index in [2.05, 4.69) is 15.5 Å². The number of nitrogens with one attached hydrogen (secondary N) is 2. The largest absolute Gasteiger partial charge is 0.444 e. The molecule has 2 N–H and O–H groups in total. The van der Waals surface area contributed by atoms with Gasteiger partial charge in [0.1, 0.15) is 41.1 Å². The number of carbonyl (C=O) groups excluding carboxylic acids is 2. The van der Waals surface area contributed by atoms with E-state index < -0.39 is 40.8 Å². The van der Waals surface area contributed by atoms with Gasteiger partial charge in [-0.2, -0.15) is 0 Å². The van der Waals surface area contributed by atoms with Gasteiger partial charge in [0.25, 0.3) is 0 Å². The lowest BCUT2D eigenvalue weighted by Crippen LogP contribution is -2.40. The minimum Gasteiger partial charge on any atom is -0.444 e. The first-order valence-electron chi connectivity index (χ1n) is 13.5. The van der Waals surface area contributed by atoms with Crippen LogP contribution in [0.3, 0.4) is 0 Å². The van der Waals surface area contributed by atoms with Crippen molar-refractivity contribution in [1.82, 2.24) is 4.90 Å². The van der Waals surface area contributed by atoms with Crippen molar-refractivity contribution in [3.63, 3.8) is 0 Å². The zero-order valence-electron chi connectivity index (χ0n) is 24.4. The van der Waals surface area contributed by atoms with Gasteiger partial charge in [0.2, 0.25) is 0 Å². The maximum absolute atomic E-state index is 12.2. The fourth-order valence-electron chi connectivity index (χ4n) is 5.43. The van der Waals surface area contributed by atoms with E-state index in [1.54, 1.807) is 0 Å². The van der Waals surface area contributed by atoms with E-state index in [1.807, 2.05) is 104 Å². The molecule has 0 bridgehead atoms. The first kappa shape index (κ1) is 28.4. The molecular weight excluding hydrogens is 514 g/mol. The third kappa shape index (κ3) is 5.41. The summed E-state index contributed by atoms with van der Waals surface area (Å²) >= 11 is 0. The summed E-state index contributed by atoms with van der Waals surface area (Å²) in [6.07, 6.45) is -2.02. The molecule has 3 fully saturated rings. The molecule has 216 valence electrons. The predicted octanol–water partition coefficient (Wildman–Crippen LogP) is 5.88. The summed E-state index contributed by atoms with van der Waals surface area (Å²) in [4.78, 5) is 26.5. The third-order valence-electron chi connectivity index (χ3n) is 7.16. The molecule has 40 heavy (non-hydrogen) atoms. The standard InChI is InChI=1S/C30H39N3O7/c1-27(2,3)39-25(34)31-20-13-9-18(10-14-20)29(7)23-33-22(17-36-23)37-30(8,24(33)38-29)19-11-15-21(16-12-19)32-26(35)40-28(4,5)6/h9-16,22-24H,17H2,1-8H3,(H,31,34)(H,32,35)/t22-,23-,24-,29+,30-/m0/s1. The Morgan fingerprint density at radius 1 is 0.750 bits per heavy atom. The van der Waals surface area contributed by atoms with Crippen molar-refractivity contribution in [3.8, 4) is 0 Å². The van der Waals surface area contributed by atoms with E-state index in [-0.39, 0.29) is 12.5 Å². The summed E-state index contributed by atoms with van der Waals surface area (Å²) in [6, 6.07) is 15.0. The van der Waals surface area contributed by atoms with Gasteiger partial charge in [-0.1, -0.05) is 24.3 Å². The number of benzene rings is 2. The van der Waals surface area contributed by atoms with Crippen LogP contribution >= 0.6 is 0 Å². The molecule has 0 radical (unpaired) electrons. The van der Waals surface area contributed by atoms with Gasteiger partial charge >= 0.3 is 12.2 Å². The van der Waals surface area contributed by atoms with Crippen LogP contribution in [0.25, 0.3) is 0 Å². The molecule has 2 aromatic rings. The van der Waals surface area contributed by atoms with Gasteiger partial charge in [0, 0.05) is 11.4 Å². The summed E-state index contributed by atoms with van der Waals surface area (Å²) in [5.74, 6) is 0. The van der Waals surface area contributed by atoms with Gasteiger partial charge < -0.3 is 23.7 Å². The highest BCUT2D eigenvalue weighted by molar-refractivity contribution is 5.85. The van der Waals surface area contributed by atoms with Crippen LogP contribution in [0.2, 0.25) is 0 Å². The van der Waals surface area contributed by atoms with Crippen LogP contribution in [0.15, 0.2) is 48.5 Å². The molecule has 3 saturated heterocycles. The molecule has 3 aliphatic rings. The molecule has 5 rings (SSSR count). The second kappa shape index (κ2) is 9.73. The van der Waals surface area contributed by atoms with Crippen LogP contribution in [0.1, 0.15) is 66.5 Å². The number of rotatable bonds is 4. The van der Waals surface area contributed by atoms with Crippen LogP contribution in [0.4, 0.5) is 21.0 Å². The predicted molar refractivity (Wildman–Crippen MR) is 149 cm³/mol. The van der Waals surface area contributed by atoms with Gasteiger partial charge in [-0.05, 0) is 90.8 Å². The lowest BCUT2D eigenvalue weighted by atomic mass is 9.93. The Morgan fingerprint density at radius 2 is 1.18 bits per heavy atom. The molecule has 10 nitrogen and oxygen atoms in total. The topological polar surface area (TPSA) is 108 Å². The SMILES string of the molecule is CC(C)(C)OC(=O)Nc1ccc([C@]2(C)O[C@H]3CO[C@@H]4N3[C@H]2O[C@]4(C)c2ccc(NC(=O)OC(C)(C)C)cc2)cc1. The Morgan fingerprint density at radius 3 is 1.60 bits per heavy atom. The number of ether oxygens (including phenoxy) is 5. The highest BCUT2D eigenvalue weighted by Crippen LogP contribution is 2.55. The van der Waals surface area contributed by atoms with E-state index in [0.29, 0.717) is 18.0 Å². The minimum atomic E-state index is -0.771. The van der Waals surface area contributed by atoms with Gasteiger partial charge in [-0.3, -0.25) is 10.6 Å². The Kier molecular flexibility index (Phi) is 6.89. The van der Waals surface area contributed by atoms with Crippen LogP contribution < -0.4 is 10.6 Å². The molecule has 5 atom stereocenters. The van der Waals surface area contributed by atoms with Gasteiger partial charge in [0.05, 0.1) is 6.61 Å². The van der Waals surface area contributed by atoms with Crippen molar-refractivity contribution in [2.75, 3.05) is 17.2 Å². The molecule has 3 aliphatic heterocycles. The lowest BCUT2D eigenvalue weighted by molar-refractivity contribution is -0.138. The van der Waals surface area contributed by atoms with Crippen molar-refractivity contribution in [1.29, 1.82) is 0 Å². The summed E-state index contributed by atoms with van der Waals surface area (Å²) in [7, 11) is 0. The number of nitrogens with zero attached hydrogens (tertiary/aromatic N) is 1. The van der Waals surface area contributed by atoms with Gasteiger partial charge in [0.15, 0.2) is 0 Å². The lowest BCUT2D eigenvalue weighted by Gasteiger charge is -2.33. The molecule has 2 amide bonds. The van der Waals surface area contributed by atoms with Crippen LogP contribution in [-0.2, 0) is 34.9 Å². The third-order valence-corrected chi connectivity index (χ3v) is 7.16. The average molecular weight is 554 g/mol. The molecule has 2 aromatic carbocycles. The average Bonchev–Trinajstić information content (AvgIpc) is 3.46. The number of carbonyl (C=O) groups is 2. The summed E-state index contributed by atoms with van der Waals surface area (Å²) in [5, 5.41) is 5.53. The highest BCUT2D eigenvalue weighted by Gasteiger charge is 2.68. The Hall–Kier alpha value is -3.18. The first-order chi connectivity index (χ1) is 18.6. The van der Waals surface area contributed by atoms with E-state index in [1.165, 1.54) is 0 Å². The molecule has 0 aromatic heterocycles. The quantitative estimate of drug-likeness (QED) is 0.483. The van der Waals surface area contributed by atoms with Crippen LogP contribution in [0.5, 0.6) is 0 Å². The first-order valence-corrected chi connectivity index (χ1v) is 13.5. The number of hydrogen-bond acceptors (Lipinski definition) is 8. The van der Waals surface area contributed by atoms with Gasteiger partial charge in [-0.15, -0.1) is 0 Å². The summed E-state index contributed by atoms with van der Waals surface area (Å²) < 4.78 is 30.2. The molecule has 0 spiro atoms.